The summed E-state index contributed by atoms with van der Waals surface area (Å²) in [4.78, 5) is 3.89. The molecule has 60 valence electrons. The molecule has 0 saturated carbocycles. The molecule has 0 aromatic carbocycles. The number of nitrogens with two attached hydrogens (primary N) is 1. The van der Waals surface area contributed by atoms with Gasteiger partial charge in [0.15, 0.2) is 5.75 Å². The molecule has 3 nitrogen and oxygen atoms in total. The molecule has 0 aliphatic heterocycles. The molecule has 0 unspecified atom stereocenters. The lowest BCUT2D eigenvalue weighted by Crippen LogP contribution is -1.94. The Bertz CT molecular complexity index is 278. The average molecular weight is 282 g/mol. The summed E-state index contributed by atoms with van der Waals surface area (Å²) < 4.78 is 6.50. The van der Waals surface area contributed by atoms with Crippen LogP contribution in [0, 0.1) is 0 Å². The van der Waals surface area contributed by atoms with E-state index < -0.39 is 0 Å². The molecule has 0 atom stereocenters. The van der Waals surface area contributed by atoms with Crippen LogP contribution < -0.4 is 10.5 Å². The van der Waals surface area contributed by atoms with Crippen LogP contribution >= 0.6 is 31.9 Å². The number of anilines is 1. The van der Waals surface area contributed by atoms with Crippen LogP contribution in [0.5, 0.6) is 5.75 Å². The molecule has 0 bridgehead atoms. The van der Waals surface area contributed by atoms with Gasteiger partial charge in [0, 0.05) is 6.20 Å². The molecular weight excluding hydrogens is 276 g/mol. The summed E-state index contributed by atoms with van der Waals surface area (Å²) in [7, 11) is 1.57. The molecule has 1 aromatic rings. The van der Waals surface area contributed by atoms with Crippen molar-refractivity contribution in [2.24, 2.45) is 0 Å². The lowest BCUT2D eigenvalue weighted by Gasteiger charge is -2.05. The largest absolute Gasteiger partial charge is 0.494 e. The van der Waals surface area contributed by atoms with Crippen LogP contribution in [0.15, 0.2) is 15.1 Å². The highest BCUT2D eigenvalue weighted by molar-refractivity contribution is 9.11. The van der Waals surface area contributed by atoms with E-state index in [0.717, 1.165) is 4.47 Å². The third-order valence-corrected chi connectivity index (χ3v) is 2.49. The van der Waals surface area contributed by atoms with Gasteiger partial charge in [-0.25, -0.2) is 4.98 Å². The number of nitrogens with zero attached hydrogens (tertiary/aromatic N) is 1. The predicted octanol–water partition coefficient (Wildman–Crippen LogP) is 2.20. The van der Waals surface area contributed by atoms with Gasteiger partial charge in [-0.1, -0.05) is 0 Å². The minimum atomic E-state index is 0.421. The molecule has 0 radical (unpaired) electrons. The van der Waals surface area contributed by atoms with Crippen molar-refractivity contribution in [3.05, 3.63) is 15.1 Å². The Morgan fingerprint density at radius 3 is 2.64 bits per heavy atom. The third kappa shape index (κ3) is 1.65. The Morgan fingerprint density at radius 1 is 1.55 bits per heavy atom. The second-order valence-electron chi connectivity index (χ2n) is 1.84. The fourth-order valence-electron chi connectivity index (χ4n) is 0.650. The molecule has 1 heterocycles. The fourth-order valence-corrected chi connectivity index (χ4v) is 1.86. The second-order valence-corrected chi connectivity index (χ2v) is 3.49. The Morgan fingerprint density at radius 2 is 2.18 bits per heavy atom. The average Bonchev–Trinajstić information content (AvgIpc) is 1.99. The van der Waals surface area contributed by atoms with Gasteiger partial charge >= 0.3 is 0 Å². The van der Waals surface area contributed by atoms with Gasteiger partial charge in [-0.3, -0.25) is 0 Å². The Balaban J connectivity index is 3.29. The molecular formula is C6H6Br2N2O. The number of rotatable bonds is 1. The normalized spacial score (nSPS) is 9.73. The standard InChI is InChI=1S/C6H6Br2N2O/c1-11-5-3(7)2-10-6(9)4(5)8/h2H,1H3,(H2,9,10). The van der Waals surface area contributed by atoms with Crippen LogP contribution in [-0.2, 0) is 0 Å². The summed E-state index contributed by atoms with van der Waals surface area (Å²) >= 11 is 6.52. The maximum atomic E-state index is 5.51. The second kappa shape index (κ2) is 3.40. The molecule has 0 spiro atoms. The molecule has 0 amide bonds. The number of aromatic nitrogens is 1. The molecule has 0 aliphatic carbocycles. The summed E-state index contributed by atoms with van der Waals surface area (Å²) in [5.74, 6) is 1.09. The SMILES string of the molecule is COc1c(Br)cnc(N)c1Br. The molecule has 2 N–H and O–H groups in total. The summed E-state index contributed by atoms with van der Waals surface area (Å²) in [6.07, 6.45) is 1.60. The van der Waals surface area contributed by atoms with Crippen molar-refractivity contribution in [1.29, 1.82) is 0 Å². The molecule has 0 fully saturated rings. The van der Waals surface area contributed by atoms with E-state index in [1.807, 2.05) is 0 Å². The third-order valence-electron chi connectivity index (χ3n) is 1.16. The summed E-state index contributed by atoms with van der Waals surface area (Å²) in [5, 5.41) is 0. The summed E-state index contributed by atoms with van der Waals surface area (Å²) in [6.45, 7) is 0. The molecule has 5 heteroatoms. The molecule has 0 saturated heterocycles. The van der Waals surface area contributed by atoms with Crippen LogP contribution in [0.25, 0.3) is 0 Å². The van der Waals surface area contributed by atoms with Crippen LogP contribution in [0.4, 0.5) is 5.82 Å². The van der Waals surface area contributed by atoms with Crippen LogP contribution in [0.2, 0.25) is 0 Å². The number of halogens is 2. The smallest absolute Gasteiger partial charge is 0.152 e. The number of hydrogen-bond donors (Lipinski definition) is 1. The van der Waals surface area contributed by atoms with Crippen LogP contribution in [-0.4, -0.2) is 12.1 Å². The molecule has 1 rings (SSSR count). The topological polar surface area (TPSA) is 48.1 Å². The van der Waals surface area contributed by atoms with Crippen molar-refractivity contribution in [3.8, 4) is 5.75 Å². The lowest BCUT2D eigenvalue weighted by atomic mass is 10.4. The van der Waals surface area contributed by atoms with E-state index >= 15 is 0 Å². The minimum Gasteiger partial charge on any atom is -0.494 e. The van der Waals surface area contributed by atoms with Crippen LogP contribution in [0.3, 0.4) is 0 Å². The van der Waals surface area contributed by atoms with E-state index in [4.69, 9.17) is 10.5 Å². The van der Waals surface area contributed by atoms with E-state index in [1.54, 1.807) is 13.3 Å². The van der Waals surface area contributed by atoms with Crippen molar-refractivity contribution in [2.75, 3.05) is 12.8 Å². The van der Waals surface area contributed by atoms with Gasteiger partial charge in [0.25, 0.3) is 0 Å². The number of hydrogen-bond acceptors (Lipinski definition) is 3. The van der Waals surface area contributed by atoms with Crippen molar-refractivity contribution in [2.45, 2.75) is 0 Å². The maximum absolute atomic E-state index is 5.51. The monoisotopic (exact) mass is 280 g/mol. The van der Waals surface area contributed by atoms with Gasteiger partial charge in [-0.05, 0) is 31.9 Å². The maximum Gasteiger partial charge on any atom is 0.152 e. The number of methoxy groups -OCH3 is 1. The Hall–Kier alpha value is -0.290. The zero-order chi connectivity index (χ0) is 8.43. The highest BCUT2D eigenvalue weighted by atomic mass is 79.9. The van der Waals surface area contributed by atoms with Gasteiger partial charge in [-0.15, -0.1) is 0 Å². The first-order valence-corrected chi connectivity index (χ1v) is 4.39. The van der Waals surface area contributed by atoms with Gasteiger partial charge in [0.1, 0.15) is 10.3 Å². The van der Waals surface area contributed by atoms with Crippen LogP contribution in [0.1, 0.15) is 0 Å². The van der Waals surface area contributed by atoms with Gasteiger partial charge in [0.05, 0.1) is 11.6 Å². The van der Waals surface area contributed by atoms with Crippen molar-refractivity contribution < 1.29 is 4.74 Å². The molecule has 0 aliphatic rings. The van der Waals surface area contributed by atoms with E-state index in [1.165, 1.54) is 0 Å². The van der Waals surface area contributed by atoms with E-state index in [0.29, 0.717) is 16.0 Å². The first-order valence-electron chi connectivity index (χ1n) is 2.80. The van der Waals surface area contributed by atoms with Crippen molar-refractivity contribution in [1.82, 2.24) is 4.98 Å². The molecule has 1 aromatic heterocycles. The first-order chi connectivity index (χ1) is 5.16. The highest BCUT2D eigenvalue weighted by Crippen LogP contribution is 2.35. The summed E-state index contributed by atoms with van der Waals surface area (Å²) in [5.41, 5.74) is 5.51. The van der Waals surface area contributed by atoms with Gasteiger partial charge < -0.3 is 10.5 Å². The minimum absolute atomic E-state index is 0.421. The van der Waals surface area contributed by atoms with E-state index in [2.05, 4.69) is 36.8 Å². The zero-order valence-electron chi connectivity index (χ0n) is 5.77. The number of ether oxygens (including phenoxy) is 1. The predicted molar refractivity (Wildman–Crippen MR) is 50.6 cm³/mol. The Kier molecular flexibility index (Phi) is 2.72. The Labute approximate surface area is 81.2 Å². The van der Waals surface area contributed by atoms with Gasteiger partial charge in [-0.2, -0.15) is 0 Å². The lowest BCUT2D eigenvalue weighted by molar-refractivity contribution is 0.409. The first kappa shape index (κ1) is 8.80. The number of pyridine rings is 1. The number of nitrogen functional groups attached to an aromatic ring is 1. The van der Waals surface area contributed by atoms with Crippen molar-refractivity contribution in [3.63, 3.8) is 0 Å². The quantitative estimate of drug-likeness (QED) is 0.859. The molecule has 11 heavy (non-hydrogen) atoms. The zero-order valence-corrected chi connectivity index (χ0v) is 8.94. The van der Waals surface area contributed by atoms with E-state index in [-0.39, 0.29) is 0 Å². The van der Waals surface area contributed by atoms with E-state index in [9.17, 15) is 0 Å². The fraction of sp³-hybridized carbons (Fsp3) is 0.167. The van der Waals surface area contributed by atoms with Gasteiger partial charge in [0.2, 0.25) is 0 Å². The summed E-state index contributed by atoms with van der Waals surface area (Å²) in [6, 6.07) is 0. The van der Waals surface area contributed by atoms with Crippen molar-refractivity contribution >= 4 is 37.7 Å². The highest BCUT2D eigenvalue weighted by Gasteiger charge is 2.08.